The van der Waals surface area contributed by atoms with Crippen LogP contribution >= 0.6 is 0 Å². The molecule has 13 heteroatoms. The molecule has 0 unspecified atom stereocenters. The van der Waals surface area contributed by atoms with Gasteiger partial charge in [-0.1, -0.05) is 24.3 Å². The van der Waals surface area contributed by atoms with Crippen LogP contribution in [0, 0.1) is 30.6 Å². The molecule has 0 aliphatic carbocycles. The van der Waals surface area contributed by atoms with Crippen molar-refractivity contribution in [1.29, 1.82) is 0 Å². The summed E-state index contributed by atoms with van der Waals surface area (Å²) in [4.78, 5) is 25.2. The van der Waals surface area contributed by atoms with E-state index in [0.29, 0.717) is 5.82 Å². The molecule has 3 aromatic rings. The van der Waals surface area contributed by atoms with Crippen LogP contribution in [0.25, 0.3) is 22.3 Å². The van der Waals surface area contributed by atoms with Gasteiger partial charge in [-0.15, -0.1) is 0 Å². The van der Waals surface area contributed by atoms with Gasteiger partial charge in [0.2, 0.25) is 0 Å². The molecule has 12 nitrogen and oxygen atoms in total. The van der Waals surface area contributed by atoms with Gasteiger partial charge < -0.3 is 40.9 Å². The third-order valence-corrected chi connectivity index (χ3v) is 2.82. The summed E-state index contributed by atoms with van der Waals surface area (Å²) in [6.45, 7) is 0. The van der Waals surface area contributed by atoms with E-state index in [1.165, 1.54) is 0 Å². The second-order valence-electron chi connectivity index (χ2n) is 4.42. The molecular weight excluding hydrogens is 400 g/mol. The van der Waals surface area contributed by atoms with Crippen LogP contribution in [-0.4, -0.2) is 24.7 Å². The van der Waals surface area contributed by atoms with Crippen LogP contribution in [0.15, 0.2) is 42.7 Å². The van der Waals surface area contributed by atoms with Crippen molar-refractivity contribution in [3.05, 3.63) is 73.4 Å². The Balaban J connectivity index is 0.000000596. The first-order chi connectivity index (χ1) is 11.7. The summed E-state index contributed by atoms with van der Waals surface area (Å²) in [5, 5.41) is 31.6. The second kappa shape index (κ2) is 10.4. The van der Waals surface area contributed by atoms with Crippen molar-refractivity contribution in [2.24, 2.45) is 7.05 Å². The summed E-state index contributed by atoms with van der Waals surface area (Å²) in [7, 11) is 1.94. The van der Waals surface area contributed by atoms with Crippen LogP contribution in [0.2, 0.25) is 0 Å². The van der Waals surface area contributed by atoms with Crippen molar-refractivity contribution in [3.8, 4) is 11.5 Å². The quantitative estimate of drug-likeness (QED) is 0.353. The number of nitrogen functional groups attached to an aromatic ring is 1. The van der Waals surface area contributed by atoms with E-state index >= 15 is 0 Å². The largest absolute Gasteiger partial charge is 2.00 e. The van der Waals surface area contributed by atoms with Gasteiger partial charge in [0, 0.05) is 24.8 Å². The van der Waals surface area contributed by atoms with Gasteiger partial charge in [-0.25, -0.2) is 9.97 Å². The van der Waals surface area contributed by atoms with Crippen LogP contribution in [-0.2, 0) is 24.1 Å². The zero-order valence-corrected chi connectivity index (χ0v) is 14.0. The Kier molecular flexibility index (Phi) is 9.05. The molecule has 0 spiro atoms. The summed E-state index contributed by atoms with van der Waals surface area (Å²) >= 11 is 0. The first-order valence-electron chi connectivity index (χ1n) is 6.48. The Morgan fingerprint density at radius 1 is 1.08 bits per heavy atom. The Labute approximate surface area is 156 Å². The molecule has 0 aliphatic heterocycles. The standard InChI is InChI=1S/C13H12N4.Cu.2NO3/c1-17-7-6-15-13(17)11-8-9-4-2-3-5-10(9)12(14)16-11;;2*2-1(3)4/h2-8H,1H3,(H2,14,16);;;/q;+2;2*-1. The van der Waals surface area contributed by atoms with E-state index in [0.717, 1.165) is 22.3 Å². The average molecular weight is 412 g/mol. The van der Waals surface area contributed by atoms with E-state index in [9.17, 15) is 0 Å². The predicted molar refractivity (Wildman–Crippen MR) is 89.1 cm³/mol. The molecule has 0 saturated heterocycles. The van der Waals surface area contributed by atoms with Crippen molar-refractivity contribution in [3.63, 3.8) is 0 Å². The number of aromatic nitrogens is 3. The molecule has 1 radical (unpaired) electrons. The van der Waals surface area contributed by atoms with Crippen LogP contribution < -0.4 is 5.73 Å². The Bertz CT molecular complexity index is 866. The van der Waals surface area contributed by atoms with Crippen LogP contribution in [0.3, 0.4) is 0 Å². The summed E-state index contributed by atoms with van der Waals surface area (Å²) in [5.41, 5.74) is 6.76. The number of nitrogens with two attached hydrogens (primary N) is 1. The molecule has 26 heavy (non-hydrogen) atoms. The fourth-order valence-electron chi connectivity index (χ4n) is 1.95. The fraction of sp³-hybridized carbons (Fsp3) is 0.0769. The number of nitrogens with zero attached hydrogens (tertiary/aromatic N) is 5. The number of benzene rings is 1. The summed E-state index contributed by atoms with van der Waals surface area (Å²) < 4.78 is 1.93. The minimum absolute atomic E-state index is 0. The maximum atomic E-state index is 8.25. The number of hydrogen-bond donors (Lipinski definition) is 1. The van der Waals surface area contributed by atoms with E-state index in [4.69, 9.17) is 36.4 Å². The van der Waals surface area contributed by atoms with Gasteiger partial charge >= 0.3 is 17.1 Å². The molecule has 0 atom stereocenters. The van der Waals surface area contributed by atoms with Gasteiger partial charge in [0.15, 0.2) is 5.82 Å². The van der Waals surface area contributed by atoms with E-state index in [2.05, 4.69) is 9.97 Å². The summed E-state index contributed by atoms with van der Waals surface area (Å²) in [6, 6.07) is 9.96. The molecule has 0 saturated carbocycles. The number of hydrogen-bond acceptors (Lipinski definition) is 9. The van der Waals surface area contributed by atoms with Crippen molar-refractivity contribution in [1.82, 2.24) is 14.5 Å². The number of rotatable bonds is 1. The Morgan fingerprint density at radius 3 is 2.12 bits per heavy atom. The number of fused-ring (bicyclic) bond motifs is 1. The predicted octanol–water partition coefficient (Wildman–Crippen LogP) is 1.74. The SMILES string of the molecule is Cn1ccnc1-c1cc2ccccc2c(N)n1.O=[N+]([O-])[O-].O=[N+]([O-])[O-].[Cu+2]. The third-order valence-electron chi connectivity index (χ3n) is 2.82. The zero-order valence-electron chi connectivity index (χ0n) is 13.1. The van der Waals surface area contributed by atoms with Crippen LogP contribution in [0.1, 0.15) is 0 Å². The van der Waals surface area contributed by atoms with Crippen molar-refractivity contribution in [2.45, 2.75) is 0 Å². The molecular formula is C13H12CuN6O6. The number of pyridine rings is 1. The number of imidazole rings is 1. The molecule has 0 fully saturated rings. The van der Waals surface area contributed by atoms with Gasteiger partial charge in [-0.05, 0) is 11.5 Å². The van der Waals surface area contributed by atoms with Crippen molar-refractivity contribution in [2.75, 3.05) is 5.73 Å². The summed E-state index contributed by atoms with van der Waals surface area (Å²) in [5.74, 6) is 1.36. The van der Waals surface area contributed by atoms with Gasteiger partial charge in [0.1, 0.15) is 11.5 Å². The van der Waals surface area contributed by atoms with Crippen LogP contribution in [0.5, 0.6) is 0 Å². The molecule has 0 amide bonds. The Hall–Kier alpha value is -3.44. The molecule has 0 bridgehead atoms. The average Bonchev–Trinajstić information content (AvgIpc) is 2.92. The molecule has 3 rings (SSSR count). The summed E-state index contributed by atoms with van der Waals surface area (Å²) in [6.07, 6.45) is 3.64. The van der Waals surface area contributed by atoms with E-state index in [1.807, 2.05) is 48.1 Å². The van der Waals surface area contributed by atoms with E-state index in [1.54, 1.807) is 6.20 Å². The van der Waals surface area contributed by atoms with Gasteiger partial charge in [0.05, 0.1) is 10.2 Å². The normalized spacial score (nSPS) is 8.96. The van der Waals surface area contributed by atoms with Gasteiger partial charge in [0.25, 0.3) is 0 Å². The topological polar surface area (TPSA) is 189 Å². The number of aryl methyl sites for hydroxylation is 1. The molecule has 0 aliphatic rings. The fourth-order valence-corrected chi connectivity index (χ4v) is 1.95. The first kappa shape index (κ1) is 22.6. The molecule has 1 aromatic carbocycles. The maximum absolute atomic E-state index is 8.25. The monoisotopic (exact) mass is 411 g/mol. The van der Waals surface area contributed by atoms with Crippen molar-refractivity contribution < 1.29 is 27.2 Å². The van der Waals surface area contributed by atoms with Gasteiger partial charge in [-0.3, -0.25) is 0 Å². The van der Waals surface area contributed by atoms with Gasteiger partial charge in [-0.2, -0.15) is 0 Å². The van der Waals surface area contributed by atoms with E-state index < -0.39 is 10.2 Å². The maximum Gasteiger partial charge on any atom is 2.00 e. The molecule has 141 valence electrons. The molecule has 2 aromatic heterocycles. The smallest absolute Gasteiger partial charge is 0.383 e. The third kappa shape index (κ3) is 6.98. The number of anilines is 1. The van der Waals surface area contributed by atoms with Crippen molar-refractivity contribution >= 4 is 16.6 Å². The molecule has 2 N–H and O–H groups in total. The second-order valence-corrected chi connectivity index (χ2v) is 4.42. The van der Waals surface area contributed by atoms with E-state index in [-0.39, 0.29) is 17.1 Å². The minimum Gasteiger partial charge on any atom is -0.383 e. The Morgan fingerprint density at radius 2 is 1.62 bits per heavy atom. The zero-order chi connectivity index (χ0) is 19.0. The van der Waals surface area contributed by atoms with Crippen LogP contribution in [0.4, 0.5) is 5.82 Å². The first-order valence-corrected chi connectivity index (χ1v) is 6.48. The minimum atomic E-state index is -1.75. The molecule has 2 heterocycles.